The Morgan fingerprint density at radius 1 is 1.32 bits per heavy atom. The summed E-state index contributed by atoms with van der Waals surface area (Å²) in [6.07, 6.45) is 1.58. The maximum atomic E-state index is 12.7. The summed E-state index contributed by atoms with van der Waals surface area (Å²) in [6, 6.07) is 9.69. The van der Waals surface area contributed by atoms with E-state index in [0.29, 0.717) is 13.0 Å². The van der Waals surface area contributed by atoms with Gasteiger partial charge in [-0.1, -0.05) is 37.3 Å². The minimum atomic E-state index is -3.00. The van der Waals surface area contributed by atoms with Gasteiger partial charge in [-0.25, -0.2) is 13.4 Å². The van der Waals surface area contributed by atoms with Crippen LogP contribution in [0.5, 0.6) is 0 Å². The molecule has 0 bridgehead atoms. The standard InChI is InChI=1S/C18H22N2O3S2/c1-2-9-20(16-8-10-25(22,23)13-16)17(21)11-15-12-24-18(19-15)14-6-4-3-5-7-14/h3-7,12,16H,2,8-11,13H2,1H3. The fraction of sp³-hybridized carbons (Fsp3) is 0.444. The van der Waals surface area contributed by atoms with E-state index in [9.17, 15) is 13.2 Å². The summed E-state index contributed by atoms with van der Waals surface area (Å²) in [5, 5.41) is 2.81. The molecule has 1 aliphatic rings. The number of carbonyl (C=O) groups is 1. The molecule has 1 atom stereocenters. The molecule has 5 nitrogen and oxygen atoms in total. The van der Waals surface area contributed by atoms with Crippen molar-refractivity contribution in [1.82, 2.24) is 9.88 Å². The van der Waals surface area contributed by atoms with E-state index in [1.54, 1.807) is 4.90 Å². The first-order valence-corrected chi connectivity index (χ1v) is 11.2. The van der Waals surface area contributed by atoms with Crippen molar-refractivity contribution in [2.24, 2.45) is 0 Å². The first kappa shape index (κ1) is 18.1. The molecule has 1 fully saturated rings. The maximum Gasteiger partial charge on any atom is 0.228 e. The van der Waals surface area contributed by atoms with E-state index in [2.05, 4.69) is 4.98 Å². The van der Waals surface area contributed by atoms with Crippen molar-refractivity contribution in [3.8, 4) is 10.6 Å². The molecule has 0 N–H and O–H groups in total. The van der Waals surface area contributed by atoms with Gasteiger partial charge in [-0.15, -0.1) is 11.3 Å². The fourth-order valence-corrected chi connectivity index (χ4v) is 5.69. The van der Waals surface area contributed by atoms with Crippen molar-refractivity contribution in [2.45, 2.75) is 32.2 Å². The Morgan fingerprint density at radius 3 is 2.72 bits per heavy atom. The maximum absolute atomic E-state index is 12.7. The van der Waals surface area contributed by atoms with Crippen LogP contribution in [0.2, 0.25) is 0 Å². The lowest BCUT2D eigenvalue weighted by Crippen LogP contribution is -2.42. The number of rotatable bonds is 6. The summed E-state index contributed by atoms with van der Waals surface area (Å²) in [5.74, 6) is 0.235. The number of carbonyl (C=O) groups excluding carboxylic acids is 1. The molecule has 0 aliphatic carbocycles. The van der Waals surface area contributed by atoms with Gasteiger partial charge < -0.3 is 4.90 Å². The highest BCUT2D eigenvalue weighted by atomic mass is 32.2. The van der Waals surface area contributed by atoms with Crippen LogP contribution in [-0.4, -0.2) is 48.3 Å². The second-order valence-corrected chi connectivity index (χ2v) is 9.42. The van der Waals surface area contributed by atoms with E-state index in [4.69, 9.17) is 0 Å². The van der Waals surface area contributed by atoms with E-state index < -0.39 is 9.84 Å². The summed E-state index contributed by atoms with van der Waals surface area (Å²) in [7, 11) is -3.00. The summed E-state index contributed by atoms with van der Waals surface area (Å²) in [6.45, 7) is 2.59. The number of aromatic nitrogens is 1. The molecular weight excluding hydrogens is 356 g/mol. The summed E-state index contributed by atoms with van der Waals surface area (Å²) < 4.78 is 23.5. The van der Waals surface area contributed by atoms with Crippen molar-refractivity contribution in [1.29, 1.82) is 0 Å². The largest absolute Gasteiger partial charge is 0.338 e. The van der Waals surface area contributed by atoms with Crippen LogP contribution in [0.25, 0.3) is 10.6 Å². The number of hydrogen-bond donors (Lipinski definition) is 0. The average molecular weight is 379 g/mol. The van der Waals surface area contributed by atoms with Crippen LogP contribution < -0.4 is 0 Å². The molecule has 2 heterocycles. The number of benzene rings is 1. The second kappa shape index (κ2) is 7.66. The molecule has 3 rings (SSSR count). The minimum Gasteiger partial charge on any atom is -0.338 e. The lowest BCUT2D eigenvalue weighted by molar-refractivity contribution is -0.132. The molecular formula is C18H22N2O3S2. The quantitative estimate of drug-likeness (QED) is 0.775. The van der Waals surface area contributed by atoms with Gasteiger partial charge in [0, 0.05) is 23.5 Å². The first-order valence-electron chi connectivity index (χ1n) is 8.48. The van der Waals surface area contributed by atoms with Crippen LogP contribution in [-0.2, 0) is 21.1 Å². The topological polar surface area (TPSA) is 67.3 Å². The van der Waals surface area contributed by atoms with E-state index >= 15 is 0 Å². The van der Waals surface area contributed by atoms with Gasteiger partial charge in [0.25, 0.3) is 0 Å². The van der Waals surface area contributed by atoms with Crippen molar-refractivity contribution in [3.05, 3.63) is 41.4 Å². The van der Waals surface area contributed by atoms with Crippen LogP contribution in [0.3, 0.4) is 0 Å². The molecule has 0 spiro atoms. The molecule has 1 unspecified atom stereocenters. The molecule has 134 valence electrons. The minimum absolute atomic E-state index is 0.0335. The van der Waals surface area contributed by atoms with Gasteiger partial charge in [0.2, 0.25) is 5.91 Å². The lowest BCUT2D eigenvalue weighted by Gasteiger charge is -2.27. The van der Waals surface area contributed by atoms with Crippen LogP contribution >= 0.6 is 11.3 Å². The van der Waals surface area contributed by atoms with Crippen molar-refractivity contribution in [2.75, 3.05) is 18.1 Å². The van der Waals surface area contributed by atoms with Crippen molar-refractivity contribution >= 4 is 27.1 Å². The Hall–Kier alpha value is -1.73. The van der Waals surface area contributed by atoms with Gasteiger partial charge in [-0.3, -0.25) is 4.79 Å². The Labute approximate surface area is 152 Å². The van der Waals surface area contributed by atoms with Gasteiger partial charge in [0.1, 0.15) is 5.01 Å². The van der Waals surface area contributed by atoms with E-state index in [0.717, 1.165) is 22.7 Å². The van der Waals surface area contributed by atoms with E-state index in [-0.39, 0.29) is 29.9 Å². The van der Waals surface area contributed by atoms with Gasteiger partial charge in [0.15, 0.2) is 9.84 Å². The smallest absolute Gasteiger partial charge is 0.228 e. The highest BCUT2D eigenvalue weighted by Crippen LogP contribution is 2.24. The molecule has 0 radical (unpaired) electrons. The molecule has 1 saturated heterocycles. The zero-order chi connectivity index (χ0) is 17.9. The van der Waals surface area contributed by atoms with Crippen LogP contribution in [0.4, 0.5) is 0 Å². The Balaban J connectivity index is 1.70. The Bertz CT molecular complexity index is 831. The Morgan fingerprint density at radius 2 is 2.08 bits per heavy atom. The van der Waals surface area contributed by atoms with Crippen LogP contribution in [0, 0.1) is 0 Å². The highest BCUT2D eigenvalue weighted by Gasteiger charge is 2.34. The summed E-state index contributed by atoms with van der Waals surface area (Å²) >= 11 is 1.52. The lowest BCUT2D eigenvalue weighted by atomic mass is 10.2. The van der Waals surface area contributed by atoms with E-state index in [1.807, 2.05) is 42.6 Å². The number of nitrogens with zero attached hydrogens (tertiary/aromatic N) is 2. The third-order valence-electron chi connectivity index (χ3n) is 4.34. The molecule has 1 aromatic heterocycles. The molecule has 1 aliphatic heterocycles. The summed E-state index contributed by atoms with van der Waals surface area (Å²) in [4.78, 5) is 19.1. The zero-order valence-corrected chi connectivity index (χ0v) is 15.9. The third kappa shape index (κ3) is 4.46. The van der Waals surface area contributed by atoms with Crippen molar-refractivity contribution < 1.29 is 13.2 Å². The molecule has 25 heavy (non-hydrogen) atoms. The SMILES string of the molecule is CCCN(C(=O)Cc1csc(-c2ccccc2)n1)C1CCS(=O)(=O)C1. The van der Waals surface area contributed by atoms with Crippen molar-refractivity contribution in [3.63, 3.8) is 0 Å². The normalized spacial score (nSPS) is 19.0. The number of hydrogen-bond acceptors (Lipinski definition) is 5. The monoisotopic (exact) mass is 378 g/mol. The van der Waals surface area contributed by atoms with Crippen LogP contribution in [0.15, 0.2) is 35.7 Å². The molecule has 7 heteroatoms. The molecule has 0 saturated carbocycles. The third-order valence-corrected chi connectivity index (χ3v) is 7.03. The number of sulfone groups is 1. The molecule has 1 amide bonds. The first-order chi connectivity index (χ1) is 12.0. The number of amides is 1. The fourth-order valence-electron chi connectivity index (χ4n) is 3.13. The summed E-state index contributed by atoms with van der Waals surface area (Å²) in [5.41, 5.74) is 1.79. The van der Waals surface area contributed by atoms with Gasteiger partial charge >= 0.3 is 0 Å². The van der Waals surface area contributed by atoms with Crippen LogP contribution in [0.1, 0.15) is 25.5 Å². The van der Waals surface area contributed by atoms with Gasteiger partial charge in [-0.2, -0.15) is 0 Å². The Kier molecular flexibility index (Phi) is 5.54. The van der Waals surface area contributed by atoms with Gasteiger partial charge in [0.05, 0.1) is 23.6 Å². The predicted octanol–water partition coefficient (Wildman–Crippen LogP) is 2.78. The average Bonchev–Trinajstić information content (AvgIpc) is 3.19. The van der Waals surface area contributed by atoms with E-state index in [1.165, 1.54) is 11.3 Å². The zero-order valence-electron chi connectivity index (χ0n) is 14.2. The predicted molar refractivity (Wildman–Crippen MR) is 100 cm³/mol. The molecule has 2 aromatic rings. The van der Waals surface area contributed by atoms with Gasteiger partial charge in [-0.05, 0) is 12.8 Å². The highest BCUT2D eigenvalue weighted by molar-refractivity contribution is 7.91. The number of thiazole rings is 1. The second-order valence-electron chi connectivity index (χ2n) is 6.33. The molecule has 1 aromatic carbocycles.